The summed E-state index contributed by atoms with van der Waals surface area (Å²) in [6, 6.07) is 1.50. The average Bonchev–Trinajstić information content (AvgIpc) is 2.29. The maximum atomic E-state index is 3.72. The van der Waals surface area contributed by atoms with Gasteiger partial charge in [-0.15, -0.1) is 0 Å². The van der Waals surface area contributed by atoms with Crippen LogP contribution in [0.4, 0.5) is 0 Å². The molecule has 0 saturated heterocycles. The van der Waals surface area contributed by atoms with Crippen molar-refractivity contribution >= 4 is 0 Å². The third kappa shape index (κ3) is 5.31. The number of rotatable bonds is 7. The predicted octanol–water partition coefficient (Wildman–Crippen LogP) is 3.03. The van der Waals surface area contributed by atoms with E-state index >= 15 is 0 Å². The van der Waals surface area contributed by atoms with E-state index in [0.717, 1.165) is 6.04 Å². The number of hydrogen-bond donors (Lipinski definition) is 1. The first kappa shape index (κ1) is 14.0. The van der Waals surface area contributed by atoms with Crippen molar-refractivity contribution in [3.63, 3.8) is 0 Å². The first-order valence-electron chi connectivity index (χ1n) is 7.21. The van der Waals surface area contributed by atoms with Crippen LogP contribution in [0.1, 0.15) is 59.3 Å². The predicted molar refractivity (Wildman–Crippen MR) is 71.9 cm³/mol. The highest BCUT2D eigenvalue weighted by molar-refractivity contribution is 4.73. The average molecular weight is 226 g/mol. The lowest BCUT2D eigenvalue weighted by Crippen LogP contribution is -2.41. The van der Waals surface area contributed by atoms with Gasteiger partial charge in [-0.25, -0.2) is 0 Å². The molecule has 0 amide bonds. The highest BCUT2D eigenvalue weighted by Crippen LogP contribution is 2.17. The molecule has 0 heterocycles. The fourth-order valence-corrected chi connectivity index (χ4v) is 2.63. The van der Waals surface area contributed by atoms with Gasteiger partial charge in [0.2, 0.25) is 0 Å². The van der Waals surface area contributed by atoms with Gasteiger partial charge in [-0.05, 0) is 39.7 Å². The van der Waals surface area contributed by atoms with Gasteiger partial charge in [-0.2, -0.15) is 0 Å². The Morgan fingerprint density at radius 3 is 2.38 bits per heavy atom. The summed E-state index contributed by atoms with van der Waals surface area (Å²) >= 11 is 0. The fraction of sp³-hybridized carbons (Fsp3) is 1.00. The summed E-state index contributed by atoms with van der Waals surface area (Å²) in [5.41, 5.74) is 0. The second-order valence-electron chi connectivity index (χ2n) is 5.42. The number of nitrogens with zero attached hydrogens (tertiary/aromatic N) is 1. The lowest BCUT2D eigenvalue weighted by Gasteiger charge is -2.28. The van der Waals surface area contributed by atoms with E-state index in [4.69, 9.17) is 0 Å². The van der Waals surface area contributed by atoms with Gasteiger partial charge in [0.25, 0.3) is 0 Å². The summed E-state index contributed by atoms with van der Waals surface area (Å²) in [4.78, 5) is 2.58. The molecule has 2 heteroatoms. The smallest absolute Gasteiger partial charge is 0.0110 e. The summed E-state index contributed by atoms with van der Waals surface area (Å²) < 4.78 is 0. The zero-order valence-corrected chi connectivity index (χ0v) is 11.5. The molecule has 0 unspecified atom stereocenters. The van der Waals surface area contributed by atoms with E-state index < -0.39 is 0 Å². The van der Waals surface area contributed by atoms with Crippen molar-refractivity contribution in [3.8, 4) is 0 Å². The normalized spacial score (nSPS) is 18.6. The molecular formula is C14H30N2. The molecule has 1 saturated carbocycles. The van der Waals surface area contributed by atoms with Crippen molar-refractivity contribution in [2.24, 2.45) is 0 Å². The van der Waals surface area contributed by atoms with Crippen LogP contribution in [0.3, 0.4) is 0 Å². The maximum absolute atomic E-state index is 3.72. The van der Waals surface area contributed by atoms with Crippen molar-refractivity contribution in [2.45, 2.75) is 71.4 Å². The Morgan fingerprint density at radius 1 is 1.12 bits per heavy atom. The van der Waals surface area contributed by atoms with Crippen molar-refractivity contribution in [2.75, 3.05) is 19.6 Å². The highest BCUT2D eigenvalue weighted by Gasteiger charge is 2.13. The second kappa shape index (κ2) is 8.08. The van der Waals surface area contributed by atoms with E-state index in [1.165, 1.54) is 58.2 Å². The molecule has 1 aliphatic carbocycles. The molecule has 0 radical (unpaired) electrons. The molecule has 96 valence electrons. The van der Waals surface area contributed by atoms with Crippen LogP contribution in [0, 0.1) is 0 Å². The van der Waals surface area contributed by atoms with Crippen LogP contribution < -0.4 is 5.32 Å². The second-order valence-corrected chi connectivity index (χ2v) is 5.42. The molecule has 0 atom stereocenters. The van der Waals surface area contributed by atoms with E-state index in [1.54, 1.807) is 0 Å². The molecule has 0 aromatic rings. The molecule has 2 nitrogen and oxygen atoms in total. The van der Waals surface area contributed by atoms with Gasteiger partial charge in [0.15, 0.2) is 0 Å². The third-order valence-corrected chi connectivity index (χ3v) is 3.68. The van der Waals surface area contributed by atoms with Crippen LogP contribution in [0.5, 0.6) is 0 Å². The van der Waals surface area contributed by atoms with Crippen molar-refractivity contribution in [1.82, 2.24) is 10.2 Å². The first-order valence-corrected chi connectivity index (χ1v) is 7.21. The molecule has 0 spiro atoms. The molecule has 1 aliphatic rings. The Morgan fingerprint density at radius 2 is 1.81 bits per heavy atom. The van der Waals surface area contributed by atoms with Gasteiger partial charge in [0.05, 0.1) is 0 Å². The Balaban J connectivity index is 2.11. The molecule has 0 aromatic heterocycles. The number of hydrogen-bond acceptors (Lipinski definition) is 2. The Hall–Kier alpha value is -0.0800. The van der Waals surface area contributed by atoms with Crippen LogP contribution in [0.25, 0.3) is 0 Å². The zero-order chi connectivity index (χ0) is 11.8. The number of nitrogens with one attached hydrogen (secondary N) is 1. The van der Waals surface area contributed by atoms with Gasteiger partial charge < -0.3 is 5.32 Å². The SMILES string of the molecule is CCCN(CCNC1CCCCC1)C(C)C. The third-order valence-electron chi connectivity index (χ3n) is 3.68. The van der Waals surface area contributed by atoms with Crippen molar-refractivity contribution in [3.05, 3.63) is 0 Å². The van der Waals surface area contributed by atoms with Crippen molar-refractivity contribution < 1.29 is 0 Å². The lowest BCUT2D eigenvalue weighted by molar-refractivity contribution is 0.216. The minimum Gasteiger partial charge on any atom is -0.313 e. The van der Waals surface area contributed by atoms with Crippen LogP contribution >= 0.6 is 0 Å². The van der Waals surface area contributed by atoms with Gasteiger partial charge >= 0.3 is 0 Å². The summed E-state index contributed by atoms with van der Waals surface area (Å²) in [6.45, 7) is 10.5. The molecular weight excluding hydrogens is 196 g/mol. The topological polar surface area (TPSA) is 15.3 Å². The molecule has 0 aromatic carbocycles. The van der Waals surface area contributed by atoms with Gasteiger partial charge in [0, 0.05) is 25.2 Å². The van der Waals surface area contributed by atoms with E-state index in [-0.39, 0.29) is 0 Å². The summed E-state index contributed by atoms with van der Waals surface area (Å²) in [6.07, 6.45) is 8.37. The van der Waals surface area contributed by atoms with Crippen LogP contribution in [0.15, 0.2) is 0 Å². The molecule has 0 aliphatic heterocycles. The monoisotopic (exact) mass is 226 g/mol. The lowest BCUT2D eigenvalue weighted by atomic mass is 9.95. The van der Waals surface area contributed by atoms with Crippen LogP contribution in [-0.2, 0) is 0 Å². The molecule has 1 rings (SSSR count). The minimum atomic E-state index is 0.688. The van der Waals surface area contributed by atoms with E-state index in [1.807, 2.05) is 0 Å². The van der Waals surface area contributed by atoms with Gasteiger partial charge in [-0.3, -0.25) is 4.90 Å². The van der Waals surface area contributed by atoms with E-state index in [2.05, 4.69) is 31.0 Å². The molecule has 0 bridgehead atoms. The van der Waals surface area contributed by atoms with E-state index in [9.17, 15) is 0 Å². The maximum Gasteiger partial charge on any atom is 0.0110 e. The van der Waals surface area contributed by atoms with Gasteiger partial charge in [0.1, 0.15) is 0 Å². The Labute approximate surface area is 102 Å². The van der Waals surface area contributed by atoms with E-state index in [0.29, 0.717) is 6.04 Å². The van der Waals surface area contributed by atoms with Gasteiger partial charge in [-0.1, -0.05) is 26.2 Å². The summed E-state index contributed by atoms with van der Waals surface area (Å²) in [5, 5.41) is 3.72. The fourth-order valence-electron chi connectivity index (χ4n) is 2.63. The molecule has 1 N–H and O–H groups in total. The van der Waals surface area contributed by atoms with Crippen LogP contribution in [-0.4, -0.2) is 36.6 Å². The Bertz CT molecular complexity index is 162. The zero-order valence-electron chi connectivity index (χ0n) is 11.5. The summed E-state index contributed by atoms with van der Waals surface area (Å²) in [7, 11) is 0. The highest BCUT2D eigenvalue weighted by atomic mass is 15.2. The Kier molecular flexibility index (Phi) is 7.06. The molecule has 16 heavy (non-hydrogen) atoms. The summed E-state index contributed by atoms with van der Waals surface area (Å²) in [5.74, 6) is 0. The first-order chi connectivity index (χ1) is 7.74. The standard InChI is InChI=1S/C14H30N2/c1-4-11-16(13(2)3)12-10-15-14-8-6-5-7-9-14/h13-15H,4-12H2,1-3H3. The van der Waals surface area contributed by atoms with Crippen LogP contribution in [0.2, 0.25) is 0 Å². The quantitative estimate of drug-likeness (QED) is 0.718. The minimum absolute atomic E-state index is 0.688. The van der Waals surface area contributed by atoms with Crippen molar-refractivity contribution in [1.29, 1.82) is 0 Å². The largest absolute Gasteiger partial charge is 0.313 e. The molecule has 1 fully saturated rings.